The number of phenolic OH excluding ortho intramolecular Hbond substituents is 1. The molecule has 14 heavy (non-hydrogen) atoms. The summed E-state index contributed by atoms with van der Waals surface area (Å²) in [5, 5.41) is 9.54. The Hall–Kier alpha value is -1.84. The van der Waals surface area contributed by atoms with Crippen LogP contribution in [-0.4, -0.2) is 24.5 Å². The monoisotopic (exact) mass is 193 g/mol. The minimum Gasteiger partial charge on any atom is -0.507 e. The van der Waals surface area contributed by atoms with Crippen LogP contribution in [0.15, 0.2) is 12.1 Å². The molecule has 1 rings (SSSR count). The van der Waals surface area contributed by atoms with Gasteiger partial charge in [-0.2, -0.15) is 0 Å². The average Bonchev–Trinajstić information content (AvgIpc) is 2.20. The van der Waals surface area contributed by atoms with E-state index in [0.29, 0.717) is 11.8 Å². The lowest BCUT2D eigenvalue weighted by atomic mass is 10.1. The largest absolute Gasteiger partial charge is 0.507 e. The van der Waals surface area contributed by atoms with Crippen LogP contribution in [0, 0.1) is 6.07 Å². The van der Waals surface area contributed by atoms with Crippen LogP contribution in [0.4, 0.5) is 0 Å². The van der Waals surface area contributed by atoms with Crippen molar-refractivity contribution < 1.29 is 19.4 Å². The van der Waals surface area contributed by atoms with Gasteiger partial charge in [0.15, 0.2) is 0 Å². The molecular weight excluding hydrogens is 184 g/mol. The molecule has 0 spiro atoms. The maximum Gasteiger partial charge on any atom is 0.341 e. The molecule has 0 bridgehead atoms. The summed E-state index contributed by atoms with van der Waals surface area (Å²) in [4.78, 5) is 21.3. The van der Waals surface area contributed by atoms with E-state index in [1.165, 1.54) is 19.2 Å². The Morgan fingerprint density at radius 3 is 2.93 bits per heavy atom. The fourth-order valence-corrected chi connectivity index (χ4v) is 1.05. The fraction of sp³-hybridized carbons (Fsp3) is 0.200. The fourth-order valence-electron chi connectivity index (χ4n) is 1.05. The molecule has 4 nitrogen and oxygen atoms in total. The second-order valence-corrected chi connectivity index (χ2v) is 2.61. The summed E-state index contributed by atoms with van der Waals surface area (Å²) in [5.74, 6) is -0.866. The third-order valence-electron chi connectivity index (χ3n) is 1.75. The first-order chi connectivity index (χ1) is 6.70. The Bertz CT molecular complexity index is 357. The highest BCUT2D eigenvalue weighted by molar-refractivity contribution is 5.92. The van der Waals surface area contributed by atoms with Gasteiger partial charge in [0.2, 0.25) is 0 Å². The van der Waals surface area contributed by atoms with E-state index < -0.39 is 5.97 Å². The van der Waals surface area contributed by atoms with Crippen molar-refractivity contribution in [2.75, 3.05) is 7.11 Å². The van der Waals surface area contributed by atoms with Gasteiger partial charge in [0.05, 0.1) is 7.11 Å². The van der Waals surface area contributed by atoms with Gasteiger partial charge >= 0.3 is 5.97 Å². The molecule has 0 atom stereocenters. The van der Waals surface area contributed by atoms with Crippen molar-refractivity contribution in [3.05, 3.63) is 29.3 Å². The van der Waals surface area contributed by atoms with E-state index in [1.54, 1.807) is 0 Å². The van der Waals surface area contributed by atoms with Gasteiger partial charge in [-0.1, -0.05) is 0 Å². The van der Waals surface area contributed by atoms with Crippen LogP contribution < -0.4 is 0 Å². The standard InChI is InChI=1S/C10H9O4/c1-14-10(13)8-4-2-3-7(5-6-11)9(8)12/h3-4,6,12H,5H2,1H3. The maximum absolute atomic E-state index is 11.1. The van der Waals surface area contributed by atoms with Crippen molar-refractivity contribution in [1.82, 2.24) is 0 Å². The number of aromatic hydroxyl groups is 1. The summed E-state index contributed by atoms with van der Waals surface area (Å²) in [5.41, 5.74) is 0.384. The molecule has 73 valence electrons. The number of carbonyl (C=O) groups is 2. The Morgan fingerprint density at radius 2 is 2.36 bits per heavy atom. The third-order valence-corrected chi connectivity index (χ3v) is 1.75. The lowest BCUT2D eigenvalue weighted by molar-refractivity contribution is -0.107. The van der Waals surface area contributed by atoms with Gasteiger partial charge in [0.1, 0.15) is 17.6 Å². The molecule has 0 unspecified atom stereocenters. The van der Waals surface area contributed by atoms with Crippen LogP contribution >= 0.6 is 0 Å². The van der Waals surface area contributed by atoms with Crippen LogP contribution in [0.25, 0.3) is 0 Å². The minimum absolute atomic E-state index is 0.0202. The predicted octanol–water partition coefficient (Wildman–Crippen LogP) is 0.720. The van der Waals surface area contributed by atoms with Crippen molar-refractivity contribution in [2.45, 2.75) is 6.42 Å². The van der Waals surface area contributed by atoms with Gasteiger partial charge in [-0.15, -0.1) is 0 Å². The molecule has 1 aromatic rings. The summed E-state index contributed by atoms with van der Waals surface area (Å²) in [6, 6.07) is 5.42. The zero-order chi connectivity index (χ0) is 10.6. The average molecular weight is 193 g/mol. The van der Waals surface area contributed by atoms with Crippen LogP contribution in [0.3, 0.4) is 0 Å². The second kappa shape index (κ2) is 4.41. The van der Waals surface area contributed by atoms with Gasteiger partial charge < -0.3 is 14.6 Å². The second-order valence-electron chi connectivity index (χ2n) is 2.61. The smallest absolute Gasteiger partial charge is 0.341 e. The van der Waals surface area contributed by atoms with E-state index in [9.17, 15) is 14.7 Å². The summed E-state index contributed by atoms with van der Waals surface area (Å²) >= 11 is 0. The zero-order valence-corrected chi connectivity index (χ0v) is 7.61. The summed E-state index contributed by atoms with van der Waals surface area (Å²) < 4.78 is 4.44. The first-order valence-corrected chi connectivity index (χ1v) is 3.94. The van der Waals surface area contributed by atoms with Gasteiger partial charge in [-0.3, -0.25) is 0 Å². The molecular formula is C10H9O4. The molecule has 0 fully saturated rings. The Balaban J connectivity index is 3.13. The van der Waals surface area contributed by atoms with Crippen LogP contribution in [0.2, 0.25) is 0 Å². The molecule has 0 aromatic heterocycles. The van der Waals surface area contributed by atoms with E-state index in [0.717, 1.165) is 0 Å². The Morgan fingerprint density at radius 1 is 1.64 bits per heavy atom. The summed E-state index contributed by atoms with van der Waals surface area (Å²) in [6.45, 7) is 0. The number of methoxy groups -OCH3 is 1. The highest BCUT2D eigenvalue weighted by Gasteiger charge is 2.13. The summed E-state index contributed by atoms with van der Waals surface area (Å²) in [6.07, 6.45) is 0.692. The molecule has 0 saturated heterocycles. The SMILES string of the molecule is COC(=O)c1c[c]cc(CC=O)c1O. The number of carbonyl (C=O) groups excluding carboxylic acids is 2. The number of aldehydes is 1. The van der Waals surface area contributed by atoms with Crippen LogP contribution in [0.1, 0.15) is 15.9 Å². The minimum atomic E-state index is -0.647. The maximum atomic E-state index is 11.1. The van der Waals surface area contributed by atoms with E-state index >= 15 is 0 Å². The van der Waals surface area contributed by atoms with Gasteiger partial charge in [-0.05, 0) is 18.2 Å². The number of rotatable bonds is 3. The molecule has 1 radical (unpaired) electrons. The van der Waals surface area contributed by atoms with Crippen molar-refractivity contribution in [3.63, 3.8) is 0 Å². The Kier molecular flexibility index (Phi) is 3.23. The van der Waals surface area contributed by atoms with E-state index in [-0.39, 0.29) is 17.7 Å². The molecule has 4 heteroatoms. The highest BCUT2D eigenvalue weighted by atomic mass is 16.5. The molecule has 0 heterocycles. The van der Waals surface area contributed by atoms with E-state index in [2.05, 4.69) is 10.8 Å². The van der Waals surface area contributed by atoms with Crippen LogP contribution in [0.5, 0.6) is 5.75 Å². The lowest BCUT2D eigenvalue weighted by Gasteiger charge is -2.05. The zero-order valence-electron chi connectivity index (χ0n) is 7.61. The highest BCUT2D eigenvalue weighted by Crippen LogP contribution is 2.22. The molecule has 0 amide bonds. The molecule has 0 aliphatic carbocycles. The summed E-state index contributed by atoms with van der Waals surface area (Å²) in [7, 11) is 1.22. The normalized spacial score (nSPS) is 9.50. The number of benzene rings is 1. The molecule has 1 aromatic carbocycles. The van der Waals surface area contributed by atoms with Gasteiger partial charge in [0, 0.05) is 12.0 Å². The topological polar surface area (TPSA) is 63.6 Å². The number of hydrogen-bond acceptors (Lipinski definition) is 4. The number of phenols is 1. The van der Waals surface area contributed by atoms with Gasteiger partial charge in [0.25, 0.3) is 0 Å². The molecule has 0 aliphatic rings. The lowest BCUT2D eigenvalue weighted by Crippen LogP contribution is -2.03. The van der Waals surface area contributed by atoms with E-state index in [1.807, 2.05) is 0 Å². The van der Waals surface area contributed by atoms with Crippen LogP contribution in [-0.2, 0) is 16.0 Å². The van der Waals surface area contributed by atoms with Crippen molar-refractivity contribution in [2.24, 2.45) is 0 Å². The quantitative estimate of drug-likeness (QED) is 0.567. The van der Waals surface area contributed by atoms with Gasteiger partial charge in [-0.25, -0.2) is 4.79 Å². The number of hydrogen-bond donors (Lipinski definition) is 1. The van der Waals surface area contributed by atoms with E-state index in [4.69, 9.17) is 0 Å². The van der Waals surface area contributed by atoms with Crippen molar-refractivity contribution in [3.8, 4) is 5.75 Å². The van der Waals surface area contributed by atoms with Crippen molar-refractivity contribution in [1.29, 1.82) is 0 Å². The number of ether oxygens (including phenoxy) is 1. The van der Waals surface area contributed by atoms with Crippen molar-refractivity contribution >= 4 is 12.3 Å². The molecule has 0 aliphatic heterocycles. The third kappa shape index (κ3) is 1.90. The molecule has 0 saturated carbocycles. The number of esters is 1. The first-order valence-electron chi connectivity index (χ1n) is 3.94. The first kappa shape index (κ1) is 10.2. The molecule has 1 N–H and O–H groups in total. The predicted molar refractivity (Wildman–Crippen MR) is 48.1 cm³/mol. The Labute approximate surface area is 81.1 Å².